The van der Waals surface area contributed by atoms with E-state index in [4.69, 9.17) is 14.2 Å². The van der Waals surface area contributed by atoms with Crippen molar-refractivity contribution in [3.8, 4) is 11.5 Å². The van der Waals surface area contributed by atoms with Crippen molar-refractivity contribution in [2.45, 2.75) is 97.5 Å². The zero-order valence-corrected chi connectivity index (χ0v) is 21.7. The number of esters is 2. The summed E-state index contributed by atoms with van der Waals surface area (Å²) in [5.41, 5.74) is 1.49. The van der Waals surface area contributed by atoms with Gasteiger partial charge in [0.25, 0.3) is 0 Å². The molecule has 2 aromatic carbocycles. The standard InChI is InChI=1S/C30H42O5/c1-4-6-7-8-9-10-11-12-22-33-27-20-16-26(17-21-27)30(32)35-28-18-14-25(15-19-28)23-24(3)34-29(31)13-5-2/h14-21,24H,4-13,22-23H2,1-3H3. The van der Waals surface area contributed by atoms with Crippen LogP contribution in [0.1, 0.15) is 101 Å². The molecule has 1 unspecified atom stereocenters. The molecule has 0 saturated heterocycles. The van der Waals surface area contributed by atoms with Gasteiger partial charge >= 0.3 is 11.9 Å². The van der Waals surface area contributed by atoms with Crippen LogP contribution in [-0.2, 0) is 16.0 Å². The van der Waals surface area contributed by atoms with E-state index in [0.717, 1.165) is 24.2 Å². The molecule has 0 aliphatic heterocycles. The van der Waals surface area contributed by atoms with E-state index in [-0.39, 0.29) is 12.1 Å². The van der Waals surface area contributed by atoms with Crippen molar-refractivity contribution in [2.75, 3.05) is 6.61 Å². The second-order valence-corrected chi connectivity index (χ2v) is 9.14. The monoisotopic (exact) mass is 482 g/mol. The van der Waals surface area contributed by atoms with Gasteiger partial charge in [0.2, 0.25) is 0 Å². The Hall–Kier alpha value is -2.82. The maximum atomic E-state index is 12.5. The van der Waals surface area contributed by atoms with Crippen LogP contribution in [0.4, 0.5) is 0 Å². The Balaban J connectivity index is 1.69. The quantitative estimate of drug-likeness (QED) is 0.131. The van der Waals surface area contributed by atoms with Gasteiger partial charge in [0.15, 0.2) is 0 Å². The first-order valence-electron chi connectivity index (χ1n) is 13.2. The molecule has 0 aliphatic rings. The number of hydrogen-bond acceptors (Lipinski definition) is 5. The van der Waals surface area contributed by atoms with Gasteiger partial charge in [-0.3, -0.25) is 4.79 Å². The summed E-state index contributed by atoms with van der Waals surface area (Å²) in [6.45, 7) is 6.77. The number of carbonyl (C=O) groups is 2. The second kappa shape index (κ2) is 16.7. The molecule has 0 saturated carbocycles. The summed E-state index contributed by atoms with van der Waals surface area (Å²) in [5.74, 6) is 0.663. The summed E-state index contributed by atoms with van der Waals surface area (Å²) in [5, 5.41) is 0. The molecule has 192 valence electrons. The van der Waals surface area contributed by atoms with E-state index in [0.29, 0.717) is 30.8 Å². The number of ether oxygens (including phenoxy) is 3. The normalized spacial score (nSPS) is 11.6. The SMILES string of the molecule is CCCCCCCCCCOc1ccc(C(=O)Oc2ccc(CC(C)OC(=O)CCC)cc2)cc1. The third kappa shape index (κ3) is 11.9. The zero-order valence-electron chi connectivity index (χ0n) is 21.7. The predicted molar refractivity (Wildman–Crippen MR) is 140 cm³/mol. The van der Waals surface area contributed by atoms with Gasteiger partial charge in [0.1, 0.15) is 17.6 Å². The molecule has 0 radical (unpaired) electrons. The number of rotatable bonds is 17. The number of unbranched alkanes of at least 4 members (excludes halogenated alkanes) is 7. The van der Waals surface area contributed by atoms with Crippen LogP contribution in [0.5, 0.6) is 11.5 Å². The minimum absolute atomic E-state index is 0.171. The highest BCUT2D eigenvalue weighted by molar-refractivity contribution is 5.91. The van der Waals surface area contributed by atoms with Gasteiger partial charge in [-0.25, -0.2) is 4.79 Å². The van der Waals surface area contributed by atoms with Crippen molar-refractivity contribution < 1.29 is 23.8 Å². The number of carbonyl (C=O) groups excluding carboxylic acids is 2. The Morgan fingerprint density at radius 2 is 1.34 bits per heavy atom. The Labute approximate surface area is 211 Å². The summed E-state index contributed by atoms with van der Waals surface area (Å²) in [6.07, 6.45) is 11.8. The van der Waals surface area contributed by atoms with Crippen molar-refractivity contribution in [1.82, 2.24) is 0 Å². The summed E-state index contributed by atoms with van der Waals surface area (Å²) >= 11 is 0. The molecule has 0 aromatic heterocycles. The van der Waals surface area contributed by atoms with Crippen LogP contribution >= 0.6 is 0 Å². The average molecular weight is 483 g/mol. The lowest BCUT2D eigenvalue weighted by Gasteiger charge is -2.13. The third-order valence-corrected chi connectivity index (χ3v) is 5.80. The minimum Gasteiger partial charge on any atom is -0.494 e. The molecule has 0 N–H and O–H groups in total. The maximum absolute atomic E-state index is 12.5. The van der Waals surface area contributed by atoms with E-state index >= 15 is 0 Å². The molecule has 0 amide bonds. The smallest absolute Gasteiger partial charge is 0.343 e. The van der Waals surface area contributed by atoms with E-state index in [1.54, 1.807) is 24.3 Å². The van der Waals surface area contributed by atoms with Gasteiger partial charge in [-0.15, -0.1) is 0 Å². The lowest BCUT2D eigenvalue weighted by atomic mass is 10.1. The Kier molecular flexibility index (Phi) is 13.6. The van der Waals surface area contributed by atoms with Crippen molar-refractivity contribution in [3.63, 3.8) is 0 Å². The highest BCUT2D eigenvalue weighted by atomic mass is 16.5. The van der Waals surface area contributed by atoms with Gasteiger partial charge in [0, 0.05) is 12.8 Å². The predicted octanol–water partition coefficient (Wildman–Crippen LogP) is 7.70. The molecule has 0 bridgehead atoms. The van der Waals surface area contributed by atoms with Crippen LogP contribution in [0, 0.1) is 0 Å². The zero-order chi connectivity index (χ0) is 25.3. The van der Waals surface area contributed by atoms with Crippen LogP contribution in [0.25, 0.3) is 0 Å². The van der Waals surface area contributed by atoms with Crippen LogP contribution in [0.3, 0.4) is 0 Å². The second-order valence-electron chi connectivity index (χ2n) is 9.14. The molecule has 2 aromatic rings. The average Bonchev–Trinajstić information content (AvgIpc) is 2.84. The van der Waals surface area contributed by atoms with E-state index in [9.17, 15) is 9.59 Å². The Bertz CT molecular complexity index is 857. The summed E-state index contributed by atoms with van der Waals surface area (Å²) in [7, 11) is 0. The molecule has 0 fully saturated rings. The highest BCUT2D eigenvalue weighted by Crippen LogP contribution is 2.18. The summed E-state index contributed by atoms with van der Waals surface area (Å²) in [6, 6.07) is 14.4. The Morgan fingerprint density at radius 1 is 0.743 bits per heavy atom. The molecule has 0 heterocycles. The van der Waals surface area contributed by atoms with Crippen LogP contribution in [0.15, 0.2) is 48.5 Å². The van der Waals surface area contributed by atoms with E-state index in [1.165, 1.54) is 44.9 Å². The minimum atomic E-state index is -0.408. The summed E-state index contributed by atoms with van der Waals surface area (Å²) in [4.78, 5) is 24.1. The van der Waals surface area contributed by atoms with Crippen molar-refractivity contribution >= 4 is 11.9 Å². The molecule has 5 nitrogen and oxygen atoms in total. The fourth-order valence-corrected chi connectivity index (χ4v) is 3.83. The summed E-state index contributed by atoms with van der Waals surface area (Å²) < 4.78 is 16.7. The van der Waals surface area contributed by atoms with Crippen molar-refractivity contribution in [3.05, 3.63) is 59.7 Å². The fraction of sp³-hybridized carbons (Fsp3) is 0.533. The van der Waals surface area contributed by atoms with E-state index in [2.05, 4.69) is 6.92 Å². The first-order chi connectivity index (χ1) is 17.0. The molecule has 5 heteroatoms. The lowest BCUT2D eigenvalue weighted by molar-refractivity contribution is -0.148. The highest BCUT2D eigenvalue weighted by Gasteiger charge is 2.11. The number of benzene rings is 2. The van der Waals surface area contributed by atoms with Gasteiger partial charge in [-0.2, -0.15) is 0 Å². The molecule has 0 aliphatic carbocycles. The largest absolute Gasteiger partial charge is 0.494 e. The van der Waals surface area contributed by atoms with Crippen molar-refractivity contribution in [1.29, 1.82) is 0 Å². The van der Waals surface area contributed by atoms with Gasteiger partial charge < -0.3 is 14.2 Å². The Morgan fingerprint density at radius 3 is 1.97 bits per heavy atom. The van der Waals surface area contributed by atoms with Crippen molar-refractivity contribution in [2.24, 2.45) is 0 Å². The number of hydrogen-bond donors (Lipinski definition) is 0. The van der Waals surface area contributed by atoms with Gasteiger partial charge in [0.05, 0.1) is 12.2 Å². The van der Waals surface area contributed by atoms with E-state index in [1.807, 2.05) is 38.1 Å². The fourth-order valence-electron chi connectivity index (χ4n) is 3.83. The van der Waals surface area contributed by atoms with Crippen LogP contribution in [-0.4, -0.2) is 24.6 Å². The van der Waals surface area contributed by atoms with E-state index < -0.39 is 5.97 Å². The molecule has 0 spiro atoms. The van der Waals surface area contributed by atoms with Crippen LogP contribution in [0.2, 0.25) is 0 Å². The topological polar surface area (TPSA) is 61.8 Å². The maximum Gasteiger partial charge on any atom is 0.343 e. The first-order valence-corrected chi connectivity index (χ1v) is 13.2. The molecule has 35 heavy (non-hydrogen) atoms. The molecular weight excluding hydrogens is 440 g/mol. The van der Waals surface area contributed by atoms with Gasteiger partial charge in [-0.1, -0.05) is 70.9 Å². The first kappa shape index (κ1) is 28.4. The molecular formula is C30H42O5. The third-order valence-electron chi connectivity index (χ3n) is 5.80. The van der Waals surface area contributed by atoms with Crippen LogP contribution < -0.4 is 9.47 Å². The molecule has 2 rings (SSSR count). The van der Waals surface area contributed by atoms with Gasteiger partial charge in [-0.05, 0) is 61.7 Å². The molecule has 1 atom stereocenters. The lowest BCUT2D eigenvalue weighted by Crippen LogP contribution is -2.17.